The molecule has 24 heavy (non-hydrogen) atoms. The molecular formula is C19H12N2O3. The van der Waals surface area contributed by atoms with Gasteiger partial charge in [-0.3, -0.25) is 24.3 Å². The third kappa shape index (κ3) is 2.10. The number of hydrogen-bond donors (Lipinski definition) is 0. The molecule has 1 aliphatic rings. The third-order valence-corrected chi connectivity index (χ3v) is 4.15. The van der Waals surface area contributed by atoms with E-state index < -0.39 is 0 Å². The van der Waals surface area contributed by atoms with Crippen molar-refractivity contribution in [1.82, 2.24) is 9.88 Å². The number of aldehydes is 1. The van der Waals surface area contributed by atoms with Crippen LogP contribution in [0.1, 0.15) is 36.8 Å². The number of carbonyl (C=O) groups excluding carboxylic acids is 3. The normalized spacial score (nSPS) is 13.4. The zero-order valence-corrected chi connectivity index (χ0v) is 12.6. The summed E-state index contributed by atoms with van der Waals surface area (Å²) in [6.07, 6.45) is 0.701. The van der Waals surface area contributed by atoms with Crippen LogP contribution in [0.4, 0.5) is 0 Å². The van der Waals surface area contributed by atoms with Crippen molar-refractivity contribution in [3.8, 4) is 0 Å². The number of fused-ring (bicyclic) bond motifs is 2. The lowest BCUT2D eigenvalue weighted by Crippen LogP contribution is -2.30. The number of pyridine rings is 1. The Balaban J connectivity index is 1.76. The van der Waals surface area contributed by atoms with Crippen molar-refractivity contribution in [3.05, 3.63) is 77.0 Å². The second-order valence-electron chi connectivity index (χ2n) is 5.58. The second-order valence-corrected chi connectivity index (χ2v) is 5.58. The summed E-state index contributed by atoms with van der Waals surface area (Å²) in [5.74, 6) is -0.718. The Labute approximate surface area is 137 Å². The van der Waals surface area contributed by atoms with Crippen LogP contribution in [0.3, 0.4) is 0 Å². The van der Waals surface area contributed by atoms with Crippen LogP contribution in [-0.4, -0.2) is 28.0 Å². The van der Waals surface area contributed by atoms with E-state index in [9.17, 15) is 14.4 Å². The van der Waals surface area contributed by atoms with Gasteiger partial charge in [0, 0.05) is 10.9 Å². The van der Waals surface area contributed by atoms with Gasteiger partial charge in [0.15, 0.2) is 6.29 Å². The fourth-order valence-corrected chi connectivity index (χ4v) is 2.93. The highest BCUT2D eigenvalue weighted by atomic mass is 16.2. The maximum absolute atomic E-state index is 12.5. The Morgan fingerprint density at radius 2 is 1.54 bits per heavy atom. The number of imide groups is 1. The lowest BCUT2D eigenvalue weighted by molar-refractivity contribution is 0.0639. The van der Waals surface area contributed by atoms with Crippen molar-refractivity contribution in [3.63, 3.8) is 0 Å². The maximum atomic E-state index is 12.5. The number of nitrogens with zero attached hydrogens (tertiary/aromatic N) is 2. The van der Waals surface area contributed by atoms with Gasteiger partial charge in [0.05, 0.1) is 28.9 Å². The Morgan fingerprint density at radius 3 is 2.21 bits per heavy atom. The van der Waals surface area contributed by atoms with Gasteiger partial charge in [-0.15, -0.1) is 0 Å². The number of benzene rings is 2. The molecule has 0 aliphatic carbocycles. The first-order valence-corrected chi connectivity index (χ1v) is 7.48. The first kappa shape index (κ1) is 14.3. The molecule has 0 N–H and O–H groups in total. The quantitative estimate of drug-likeness (QED) is 0.550. The monoisotopic (exact) mass is 316 g/mol. The van der Waals surface area contributed by atoms with E-state index in [1.165, 1.54) is 0 Å². The zero-order chi connectivity index (χ0) is 16.7. The predicted molar refractivity (Wildman–Crippen MR) is 87.8 cm³/mol. The van der Waals surface area contributed by atoms with Crippen molar-refractivity contribution >= 4 is 29.0 Å². The van der Waals surface area contributed by atoms with E-state index in [2.05, 4.69) is 4.98 Å². The van der Waals surface area contributed by atoms with Crippen LogP contribution >= 0.6 is 0 Å². The van der Waals surface area contributed by atoms with Crippen molar-refractivity contribution in [2.45, 2.75) is 6.54 Å². The highest BCUT2D eigenvalue weighted by molar-refractivity contribution is 6.21. The molecule has 0 saturated heterocycles. The average molecular weight is 316 g/mol. The molecule has 1 aliphatic heterocycles. The van der Waals surface area contributed by atoms with Crippen LogP contribution in [0.5, 0.6) is 0 Å². The fourth-order valence-electron chi connectivity index (χ4n) is 2.93. The molecule has 2 heterocycles. The zero-order valence-electron chi connectivity index (χ0n) is 12.6. The number of aromatic nitrogens is 1. The topological polar surface area (TPSA) is 67.3 Å². The number of carbonyl (C=O) groups is 3. The number of amides is 2. The van der Waals surface area contributed by atoms with Gasteiger partial charge < -0.3 is 0 Å². The lowest BCUT2D eigenvalue weighted by Gasteiger charge is -2.15. The van der Waals surface area contributed by atoms with E-state index in [0.717, 1.165) is 15.8 Å². The SMILES string of the molecule is O=Cc1cc2ccccc2nc1CN1C(=O)c2ccccc2C1=O. The van der Waals surface area contributed by atoms with Crippen LogP contribution in [0.15, 0.2) is 54.6 Å². The molecule has 4 rings (SSSR count). The molecule has 0 radical (unpaired) electrons. The molecule has 0 atom stereocenters. The summed E-state index contributed by atoms with van der Waals surface area (Å²) in [6, 6.07) is 15.8. The van der Waals surface area contributed by atoms with Crippen molar-refractivity contribution < 1.29 is 14.4 Å². The van der Waals surface area contributed by atoms with Gasteiger partial charge in [-0.25, -0.2) is 0 Å². The molecule has 0 saturated carbocycles. The average Bonchev–Trinajstić information content (AvgIpc) is 2.86. The van der Waals surface area contributed by atoms with Crippen LogP contribution in [0, 0.1) is 0 Å². The summed E-state index contributed by atoms with van der Waals surface area (Å²) < 4.78 is 0. The Hall–Kier alpha value is -3.34. The summed E-state index contributed by atoms with van der Waals surface area (Å²) in [4.78, 5) is 41.9. The van der Waals surface area contributed by atoms with Gasteiger partial charge in [0.1, 0.15) is 0 Å². The minimum atomic E-state index is -0.359. The summed E-state index contributed by atoms with van der Waals surface area (Å²) >= 11 is 0. The van der Waals surface area contributed by atoms with Gasteiger partial charge in [0.2, 0.25) is 0 Å². The predicted octanol–water partition coefficient (Wildman–Crippen LogP) is 2.84. The first-order chi connectivity index (χ1) is 11.7. The smallest absolute Gasteiger partial charge is 0.261 e. The van der Waals surface area contributed by atoms with E-state index in [0.29, 0.717) is 28.7 Å². The number of rotatable bonds is 3. The van der Waals surface area contributed by atoms with Gasteiger partial charge in [-0.1, -0.05) is 30.3 Å². The van der Waals surface area contributed by atoms with Crippen LogP contribution in [-0.2, 0) is 6.54 Å². The molecule has 0 spiro atoms. The molecule has 0 unspecified atom stereocenters. The molecule has 5 heteroatoms. The highest BCUT2D eigenvalue weighted by Crippen LogP contribution is 2.25. The Kier molecular flexibility index (Phi) is 3.20. The van der Waals surface area contributed by atoms with Gasteiger partial charge in [0.25, 0.3) is 11.8 Å². The van der Waals surface area contributed by atoms with E-state index in [4.69, 9.17) is 0 Å². The van der Waals surface area contributed by atoms with Gasteiger partial charge in [-0.05, 0) is 24.3 Å². The molecule has 5 nitrogen and oxygen atoms in total. The molecule has 0 bridgehead atoms. The maximum Gasteiger partial charge on any atom is 0.261 e. The van der Waals surface area contributed by atoms with E-state index in [1.54, 1.807) is 30.3 Å². The van der Waals surface area contributed by atoms with E-state index >= 15 is 0 Å². The van der Waals surface area contributed by atoms with Gasteiger partial charge in [-0.2, -0.15) is 0 Å². The van der Waals surface area contributed by atoms with E-state index in [-0.39, 0.29) is 18.4 Å². The Morgan fingerprint density at radius 1 is 0.917 bits per heavy atom. The third-order valence-electron chi connectivity index (χ3n) is 4.15. The van der Waals surface area contributed by atoms with Crippen LogP contribution in [0.2, 0.25) is 0 Å². The first-order valence-electron chi connectivity index (χ1n) is 7.48. The largest absolute Gasteiger partial charge is 0.298 e. The molecule has 2 amide bonds. The summed E-state index contributed by atoms with van der Waals surface area (Å²) in [7, 11) is 0. The van der Waals surface area contributed by atoms with Crippen molar-refractivity contribution in [1.29, 1.82) is 0 Å². The minimum Gasteiger partial charge on any atom is -0.298 e. The second kappa shape index (κ2) is 5.38. The minimum absolute atomic E-state index is 0.0226. The molecular weight excluding hydrogens is 304 g/mol. The molecule has 116 valence electrons. The highest BCUT2D eigenvalue weighted by Gasteiger charge is 2.35. The molecule has 3 aromatic rings. The Bertz CT molecular complexity index is 975. The van der Waals surface area contributed by atoms with Crippen LogP contribution in [0.25, 0.3) is 10.9 Å². The van der Waals surface area contributed by atoms with Crippen molar-refractivity contribution in [2.75, 3.05) is 0 Å². The molecule has 1 aromatic heterocycles. The summed E-state index contributed by atoms with van der Waals surface area (Å²) in [6.45, 7) is -0.0226. The standard InChI is InChI=1S/C19H12N2O3/c22-11-13-9-12-5-1-4-8-16(12)20-17(13)10-21-18(23)14-6-2-3-7-15(14)19(21)24/h1-9,11H,10H2. The lowest BCUT2D eigenvalue weighted by atomic mass is 10.1. The number of para-hydroxylation sites is 1. The summed E-state index contributed by atoms with van der Waals surface area (Å²) in [5, 5.41) is 0.839. The van der Waals surface area contributed by atoms with Gasteiger partial charge >= 0.3 is 0 Å². The van der Waals surface area contributed by atoms with E-state index in [1.807, 2.05) is 24.3 Å². The van der Waals surface area contributed by atoms with Crippen molar-refractivity contribution in [2.24, 2.45) is 0 Å². The fraction of sp³-hybridized carbons (Fsp3) is 0.0526. The summed E-state index contributed by atoms with van der Waals surface area (Å²) in [5.41, 5.74) is 2.28. The number of hydrogen-bond acceptors (Lipinski definition) is 4. The van der Waals surface area contributed by atoms with Crippen LogP contribution < -0.4 is 0 Å². The molecule has 0 fully saturated rings. The molecule has 2 aromatic carbocycles.